The maximum Gasteiger partial charge on any atom is 0.243 e. The molecule has 0 saturated carbocycles. The number of hydrogen-bond acceptors (Lipinski definition) is 4. The normalized spacial score (nSPS) is 20.1. The molecule has 0 amide bonds. The molecule has 1 heterocycles. The van der Waals surface area contributed by atoms with Crippen LogP contribution in [0.4, 0.5) is 8.78 Å². The van der Waals surface area contributed by atoms with Gasteiger partial charge < -0.3 is 4.74 Å². The number of sulfonamides is 1. The minimum absolute atomic E-state index is 0.0207. The predicted molar refractivity (Wildman–Crippen MR) is 82.6 cm³/mol. The van der Waals surface area contributed by atoms with Crippen molar-refractivity contribution in [3.8, 4) is 0 Å². The van der Waals surface area contributed by atoms with E-state index in [1.165, 1.54) is 0 Å². The topological polar surface area (TPSA) is 58.6 Å². The first kappa shape index (κ1) is 18.3. The number of halogens is 2. The van der Waals surface area contributed by atoms with Crippen LogP contribution in [-0.4, -0.2) is 52.2 Å². The molecule has 23 heavy (non-hydrogen) atoms. The van der Waals surface area contributed by atoms with E-state index in [4.69, 9.17) is 4.74 Å². The fraction of sp³-hybridized carbons (Fsp3) is 0.600. The van der Waals surface area contributed by atoms with Crippen molar-refractivity contribution in [1.82, 2.24) is 9.62 Å². The Kier molecular flexibility index (Phi) is 6.07. The van der Waals surface area contributed by atoms with Crippen LogP contribution in [0.1, 0.15) is 13.8 Å². The third-order valence-corrected chi connectivity index (χ3v) is 4.97. The highest BCUT2D eigenvalue weighted by molar-refractivity contribution is 7.89. The molecule has 1 unspecified atom stereocenters. The zero-order chi connectivity index (χ0) is 17.0. The number of hydrogen-bond donors (Lipinski definition) is 1. The maximum atomic E-state index is 13.6. The minimum atomic E-state index is -4.12. The lowest BCUT2D eigenvalue weighted by atomic mass is 10.2. The Labute approximate surface area is 135 Å². The van der Waals surface area contributed by atoms with Crippen LogP contribution in [-0.2, 0) is 14.8 Å². The molecule has 1 N–H and O–H groups in total. The van der Waals surface area contributed by atoms with Crippen LogP contribution < -0.4 is 4.72 Å². The van der Waals surface area contributed by atoms with E-state index in [1.54, 1.807) is 0 Å². The van der Waals surface area contributed by atoms with Gasteiger partial charge in [0, 0.05) is 26.2 Å². The van der Waals surface area contributed by atoms with Crippen molar-refractivity contribution in [2.24, 2.45) is 5.92 Å². The highest BCUT2D eigenvalue weighted by Gasteiger charge is 2.25. The monoisotopic (exact) mass is 348 g/mol. The summed E-state index contributed by atoms with van der Waals surface area (Å²) < 4.78 is 58.8. The molecule has 2 rings (SSSR count). The molecule has 1 saturated heterocycles. The van der Waals surface area contributed by atoms with E-state index in [-0.39, 0.29) is 12.6 Å². The number of nitrogens with one attached hydrogen (secondary N) is 1. The second kappa shape index (κ2) is 7.65. The lowest BCUT2D eigenvalue weighted by molar-refractivity contribution is -0.0280. The van der Waals surface area contributed by atoms with Gasteiger partial charge >= 0.3 is 0 Å². The third kappa shape index (κ3) is 5.20. The largest absolute Gasteiger partial charge is 0.374 e. The molecule has 1 fully saturated rings. The van der Waals surface area contributed by atoms with Crippen molar-refractivity contribution >= 4 is 10.0 Å². The van der Waals surface area contributed by atoms with Crippen molar-refractivity contribution < 1.29 is 21.9 Å². The first-order chi connectivity index (χ1) is 10.8. The summed E-state index contributed by atoms with van der Waals surface area (Å²) in [5, 5.41) is 0. The van der Waals surface area contributed by atoms with E-state index < -0.39 is 26.6 Å². The summed E-state index contributed by atoms with van der Waals surface area (Å²) in [5.74, 6) is -1.28. The van der Waals surface area contributed by atoms with Crippen LogP contribution >= 0.6 is 0 Å². The average molecular weight is 348 g/mol. The molecule has 1 aromatic rings. The van der Waals surface area contributed by atoms with Crippen LogP contribution in [0.25, 0.3) is 0 Å². The van der Waals surface area contributed by atoms with Gasteiger partial charge in [-0.05, 0) is 24.1 Å². The Bertz CT molecular complexity index is 638. The van der Waals surface area contributed by atoms with Gasteiger partial charge in [0.05, 0.1) is 12.7 Å². The van der Waals surface area contributed by atoms with E-state index in [1.807, 2.05) is 0 Å². The van der Waals surface area contributed by atoms with Crippen molar-refractivity contribution in [2.45, 2.75) is 24.8 Å². The van der Waals surface area contributed by atoms with Crippen molar-refractivity contribution in [3.05, 3.63) is 29.8 Å². The highest BCUT2D eigenvalue weighted by Crippen LogP contribution is 2.16. The molecule has 0 aliphatic carbocycles. The van der Waals surface area contributed by atoms with Crippen molar-refractivity contribution in [3.63, 3.8) is 0 Å². The molecular formula is C15H22F2N2O3S. The van der Waals surface area contributed by atoms with E-state index in [9.17, 15) is 17.2 Å². The van der Waals surface area contributed by atoms with Crippen LogP contribution in [0.2, 0.25) is 0 Å². The standard InChI is InChI=1S/C15H22F2N2O3S/c1-11(2)9-19-5-6-22-13(10-19)8-18-23(20,21)15-7-12(16)3-4-14(15)17/h3-4,7,11,13,18H,5-6,8-10H2,1-2H3. The molecule has 0 radical (unpaired) electrons. The SMILES string of the molecule is CC(C)CN1CCOC(CNS(=O)(=O)c2cc(F)ccc2F)C1. The Morgan fingerprint density at radius 2 is 2.13 bits per heavy atom. The van der Waals surface area contributed by atoms with Crippen LogP contribution in [0.15, 0.2) is 23.1 Å². The summed E-state index contributed by atoms with van der Waals surface area (Å²) in [6, 6.07) is 2.35. The molecule has 8 heteroatoms. The van der Waals surface area contributed by atoms with Crippen molar-refractivity contribution in [1.29, 1.82) is 0 Å². The maximum absolute atomic E-state index is 13.6. The van der Waals surface area contributed by atoms with Crippen molar-refractivity contribution in [2.75, 3.05) is 32.8 Å². The van der Waals surface area contributed by atoms with Gasteiger partial charge in [-0.1, -0.05) is 13.8 Å². The summed E-state index contributed by atoms with van der Waals surface area (Å²) in [4.78, 5) is 1.52. The van der Waals surface area contributed by atoms with Gasteiger partial charge in [0.2, 0.25) is 10.0 Å². The first-order valence-electron chi connectivity index (χ1n) is 7.56. The quantitative estimate of drug-likeness (QED) is 0.848. The number of ether oxygens (including phenoxy) is 1. The highest BCUT2D eigenvalue weighted by atomic mass is 32.2. The second-order valence-electron chi connectivity index (χ2n) is 6.07. The molecule has 5 nitrogen and oxygen atoms in total. The molecule has 130 valence electrons. The number of rotatable bonds is 6. The molecule has 1 aromatic carbocycles. The molecular weight excluding hydrogens is 326 g/mol. The minimum Gasteiger partial charge on any atom is -0.374 e. The van der Waals surface area contributed by atoms with Gasteiger partial charge in [0.1, 0.15) is 16.5 Å². The van der Waals surface area contributed by atoms with Gasteiger partial charge in [0.25, 0.3) is 0 Å². The van der Waals surface area contributed by atoms with E-state index >= 15 is 0 Å². The van der Waals surface area contributed by atoms with Gasteiger partial charge in [-0.3, -0.25) is 4.90 Å². The Balaban J connectivity index is 1.97. The molecule has 1 atom stereocenters. The summed E-state index contributed by atoms with van der Waals surface area (Å²) in [6.07, 6.45) is -0.311. The summed E-state index contributed by atoms with van der Waals surface area (Å²) in [7, 11) is -4.12. The van der Waals surface area contributed by atoms with E-state index in [0.29, 0.717) is 25.1 Å². The number of benzene rings is 1. The average Bonchev–Trinajstić information content (AvgIpc) is 2.47. The lowest BCUT2D eigenvalue weighted by Crippen LogP contribution is -2.48. The van der Waals surface area contributed by atoms with E-state index in [0.717, 1.165) is 25.2 Å². The fourth-order valence-electron chi connectivity index (χ4n) is 2.55. The van der Waals surface area contributed by atoms with Gasteiger partial charge in [-0.2, -0.15) is 0 Å². The molecule has 1 aliphatic rings. The lowest BCUT2D eigenvalue weighted by Gasteiger charge is -2.33. The van der Waals surface area contributed by atoms with Crippen LogP contribution in [0.3, 0.4) is 0 Å². The molecule has 0 bridgehead atoms. The van der Waals surface area contributed by atoms with E-state index in [2.05, 4.69) is 23.5 Å². The summed E-state index contributed by atoms with van der Waals surface area (Å²) in [6.45, 7) is 7.08. The molecule has 1 aliphatic heterocycles. The molecule has 0 aromatic heterocycles. The van der Waals surface area contributed by atoms with Crippen LogP contribution in [0.5, 0.6) is 0 Å². The van der Waals surface area contributed by atoms with Gasteiger partial charge in [0.15, 0.2) is 0 Å². The second-order valence-corrected chi connectivity index (χ2v) is 7.81. The Morgan fingerprint density at radius 1 is 1.39 bits per heavy atom. The smallest absolute Gasteiger partial charge is 0.243 e. The third-order valence-electron chi connectivity index (χ3n) is 3.53. The zero-order valence-electron chi connectivity index (χ0n) is 13.3. The predicted octanol–water partition coefficient (Wildman–Crippen LogP) is 1.60. The summed E-state index contributed by atoms with van der Waals surface area (Å²) in [5.41, 5.74) is 0. The molecule has 0 spiro atoms. The zero-order valence-corrected chi connectivity index (χ0v) is 14.1. The van der Waals surface area contributed by atoms with Gasteiger partial charge in [-0.25, -0.2) is 21.9 Å². The Morgan fingerprint density at radius 3 is 2.83 bits per heavy atom. The fourth-order valence-corrected chi connectivity index (χ4v) is 3.70. The number of nitrogens with zero attached hydrogens (tertiary/aromatic N) is 1. The Hall–Kier alpha value is -1.09. The first-order valence-corrected chi connectivity index (χ1v) is 9.05. The summed E-state index contributed by atoms with van der Waals surface area (Å²) >= 11 is 0. The van der Waals surface area contributed by atoms with Crippen LogP contribution in [0, 0.1) is 17.6 Å². The number of morpholine rings is 1. The van der Waals surface area contributed by atoms with Gasteiger partial charge in [-0.15, -0.1) is 0 Å².